The minimum Gasteiger partial charge on any atom is -0.504 e. The van der Waals surface area contributed by atoms with E-state index in [0.29, 0.717) is 29.4 Å². The summed E-state index contributed by atoms with van der Waals surface area (Å²) in [6.45, 7) is 2.45. The molecule has 0 aromatic heterocycles. The van der Waals surface area contributed by atoms with Crippen molar-refractivity contribution < 1.29 is 29.2 Å². The van der Waals surface area contributed by atoms with Gasteiger partial charge in [0.15, 0.2) is 18.1 Å². The Kier molecular flexibility index (Phi) is 6.78. The number of aliphatic hydroxyl groups is 1. The molecular weight excluding hydrogens is 312 g/mol. The first-order valence-electron chi connectivity index (χ1n) is 8.28. The lowest BCUT2D eigenvalue weighted by Gasteiger charge is -2.21. The van der Waals surface area contributed by atoms with Gasteiger partial charge in [0.1, 0.15) is 18.1 Å². The van der Waals surface area contributed by atoms with Gasteiger partial charge in [-0.25, -0.2) is 4.79 Å². The standard InChI is InChI=1S/C18H24O6/c1-2-3-4-5-6-9-22-16-11-24-15-8-7-13(23-12-17(19)20)10-14(15)18(16)21/h7-8,10,21H,2-6,9,11-12H2,1H3,(H,19,20). The third kappa shape index (κ3) is 5.08. The van der Waals surface area contributed by atoms with Gasteiger partial charge in [0.25, 0.3) is 0 Å². The lowest BCUT2D eigenvalue weighted by atomic mass is 10.1. The zero-order chi connectivity index (χ0) is 17.4. The van der Waals surface area contributed by atoms with Crippen LogP contribution in [0.4, 0.5) is 0 Å². The Balaban J connectivity index is 1.96. The molecule has 24 heavy (non-hydrogen) atoms. The van der Waals surface area contributed by atoms with Crippen LogP contribution in [0.2, 0.25) is 0 Å². The fourth-order valence-corrected chi connectivity index (χ4v) is 2.43. The molecule has 0 atom stereocenters. The van der Waals surface area contributed by atoms with Gasteiger partial charge in [-0.2, -0.15) is 0 Å². The second-order valence-corrected chi connectivity index (χ2v) is 5.66. The lowest BCUT2D eigenvalue weighted by molar-refractivity contribution is -0.139. The number of fused-ring (bicyclic) bond motifs is 1. The van der Waals surface area contributed by atoms with Crippen molar-refractivity contribution in [1.82, 2.24) is 0 Å². The Labute approximate surface area is 141 Å². The number of ether oxygens (including phenoxy) is 3. The lowest BCUT2D eigenvalue weighted by Crippen LogP contribution is -2.15. The molecule has 2 N–H and O–H groups in total. The van der Waals surface area contributed by atoms with E-state index in [1.807, 2.05) is 0 Å². The summed E-state index contributed by atoms with van der Waals surface area (Å²) in [6.07, 6.45) is 5.65. The van der Waals surface area contributed by atoms with Gasteiger partial charge in [-0.05, 0) is 24.6 Å². The molecule has 1 aliphatic heterocycles. The molecule has 6 nitrogen and oxygen atoms in total. The van der Waals surface area contributed by atoms with Gasteiger partial charge < -0.3 is 24.4 Å². The van der Waals surface area contributed by atoms with Gasteiger partial charge >= 0.3 is 5.97 Å². The molecule has 0 amide bonds. The number of unbranched alkanes of at least 4 members (excludes halogenated alkanes) is 4. The van der Waals surface area contributed by atoms with Crippen LogP contribution in [-0.2, 0) is 9.53 Å². The van der Waals surface area contributed by atoms with Crippen LogP contribution in [0, 0.1) is 0 Å². The molecular formula is C18H24O6. The Hall–Kier alpha value is -2.37. The summed E-state index contributed by atoms with van der Waals surface area (Å²) in [7, 11) is 0. The summed E-state index contributed by atoms with van der Waals surface area (Å²) in [4.78, 5) is 10.6. The summed E-state index contributed by atoms with van der Waals surface area (Å²) in [5.74, 6) is 0.229. The second-order valence-electron chi connectivity index (χ2n) is 5.66. The Morgan fingerprint density at radius 2 is 2.00 bits per heavy atom. The van der Waals surface area contributed by atoms with Crippen molar-refractivity contribution in [2.45, 2.75) is 39.0 Å². The highest BCUT2D eigenvalue weighted by molar-refractivity contribution is 5.70. The number of hydrogen-bond acceptors (Lipinski definition) is 5. The number of benzene rings is 1. The molecule has 0 saturated heterocycles. The highest BCUT2D eigenvalue weighted by Crippen LogP contribution is 2.34. The second kappa shape index (κ2) is 9.05. The predicted molar refractivity (Wildman–Crippen MR) is 89.3 cm³/mol. The SMILES string of the molecule is CCCCCCCOC1=C(O)c2cc(OCC(=O)O)ccc2OC1. The van der Waals surface area contributed by atoms with Gasteiger partial charge in [0.05, 0.1) is 12.2 Å². The van der Waals surface area contributed by atoms with E-state index in [1.54, 1.807) is 18.2 Å². The number of carbonyl (C=O) groups is 1. The van der Waals surface area contributed by atoms with Crippen LogP contribution in [0.1, 0.15) is 44.6 Å². The normalized spacial score (nSPS) is 13.2. The molecule has 132 valence electrons. The highest BCUT2D eigenvalue weighted by Gasteiger charge is 2.22. The number of aliphatic carboxylic acids is 1. The van der Waals surface area contributed by atoms with Gasteiger partial charge in [-0.3, -0.25) is 0 Å². The summed E-state index contributed by atoms with van der Waals surface area (Å²) < 4.78 is 16.3. The van der Waals surface area contributed by atoms with Crippen molar-refractivity contribution >= 4 is 11.7 Å². The molecule has 0 aliphatic carbocycles. The van der Waals surface area contributed by atoms with Crippen LogP contribution in [-0.4, -0.2) is 36.0 Å². The molecule has 0 unspecified atom stereocenters. The van der Waals surface area contributed by atoms with Crippen LogP contribution in [0.15, 0.2) is 24.0 Å². The smallest absolute Gasteiger partial charge is 0.341 e. The maximum absolute atomic E-state index is 10.6. The van der Waals surface area contributed by atoms with Crippen LogP contribution < -0.4 is 9.47 Å². The van der Waals surface area contributed by atoms with Gasteiger partial charge in [-0.15, -0.1) is 0 Å². The summed E-state index contributed by atoms with van der Waals surface area (Å²) in [6, 6.07) is 4.80. The first-order chi connectivity index (χ1) is 11.6. The van der Waals surface area contributed by atoms with Crippen molar-refractivity contribution in [3.63, 3.8) is 0 Å². The first-order valence-corrected chi connectivity index (χ1v) is 8.28. The van der Waals surface area contributed by atoms with E-state index < -0.39 is 12.6 Å². The van der Waals surface area contributed by atoms with E-state index in [9.17, 15) is 9.90 Å². The number of hydrogen-bond donors (Lipinski definition) is 2. The number of rotatable bonds is 10. The van der Waals surface area contributed by atoms with Crippen LogP contribution >= 0.6 is 0 Å². The fourth-order valence-electron chi connectivity index (χ4n) is 2.43. The molecule has 2 rings (SSSR count). The Bertz CT molecular complexity index is 593. The Morgan fingerprint density at radius 1 is 1.21 bits per heavy atom. The summed E-state index contributed by atoms with van der Waals surface area (Å²) in [5, 5.41) is 19.0. The van der Waals surface area contributed by atoms with Gasteiger partial charge in [0.2, 0.25) is 0 Å². The van der Waals surface area contributed by atoms with Gasteiger partial charge in [-0.1, -0.05) is 32.6 Å². The van der Waals surface area contributed by atoms with Crippen LogP contribution in [0.5, 0.6) is 11.5 Å². The molecule has 1 aliphatic rings. The van der Waals surface area contributed by atoms with Crippen LogP contribution in [0.25, 0.3) is 5.76 Å². The van der Waals surface area contributed by atoms with Crippen molar-refractivity contribution in [3.05, 3.63) is 29.5 Å². The molecule has 0 bridgehead atoms. The maximum atomic E-state index is 10.6. The van der Waals surface area contributed by atoms with E-state index in [2.05, 4.69) is 6.92 Å². The number of aliphatic hydroxyl groups excluding tert-OH is 1. The van der Waals surface area contributed by atoms with E-state index in [0.717, 1.165) is 12.8 Å². The third-order valence-electron chi connectivity index (χ3n) is 3.72. The third-order valence-corrected chi connectivity index (χ3v) is 3.72. The van der Waals surface area contributed by atoms with Crippen molar-refractivity contribution in [1.29, 1.82) is 0 Å². The molecule has 0 radical (unpaired) electrons. The van der Waals surface area contributed by atoms with Crippen LogP contribution in [0.3, 0.4) is 0 Å². The minimum absolute atomic E-state index is 0.0191. The molecule has 1 aromatic carbocycles. The summed E-state index contributed by atoms with van der Waals surface area (Å²) in [5.41, 5.74) is 0.449. The molecule has 6 heteroatoms. The zero-order valence-electron chi connectivity index (χ0n) is 13.9. The number of carboxylic acid groups (broad SMARTS) is 1. The minimum atomic E-state index is -1.06. The van der Waals surface area contributed by atoms with Crippen molar-refractivity contribution in [2.75, 3.05) is 19.8 Å². The molecule has 0 saturated carbocycles. The average molecular weight is 336 g/mol. The molecule has 0 spiro atoms. The number of carboxylic acids is 1. The molecule has 1 aromatic rings. The summed E-state index contributed by atoms with van der Waals surface area (Å²) >= 11 is 0. The quantitative estimate of drug-likeness (QED) is 0.633. The van der Waals surface area contributed by atoms with Gasteiger partial charge in [0, 0.05) is 0 Å². The molecule has 0 fully saturated rings. The van der Waals surface area contributed by atoms with Crippen molar-refractivity contribution in [3.8, 4) is 11.5 Å². The van der Waals surface area contributed by atoms with E-state index >= 15 is 0 Å². The largest absolute Gasteiger partial charge is 0.504 e. The average Bonchev–Trinajstić information content (AvgIpc) is 2.58. The fraction of sp³-hybridized carbons (Fsp3) is 0.500. The van der Waals surface area contributed by atoms with E-state index in [4.69, 9.17) is 19.3 Å². The highest BCUT2D eigenvalue weighted by atomic mass is 16.5. The zero-order valence-corrected chi connectivity index (χ0v) is 13.9. The van der Waals surface area contributed by atoms with Crippen molar-refractivity contribution in [2.24, 2.45) is 0 Å². The maximum Gasteiger partial charge on any atom is 0.341 e. The monoisotopic (exact) mass is 336 g/mol. The Morgan fingerprint density at radius 3 is 2.75 bits per heavy atom. The topological polar surface area (TPSA) is 85.2 Å². The van der Waals surface area contributed by atoms with E-state index in [1.165, 1.54) is 19.3 Å². The van der Waals surface area contributed by atoms with E-state index in [-0.39, 0.29) is 12.4 Å². The molecule has 1 heterocycles. The predicted octanol–water partition coefficient (Wildman–Crippen LogP) is 3.76. The first kappa shape index (κ1) is 18.0.